The van der Waals surface area contributed by atoms with Gasteiger partial charge in [0.2, 0.25) is 0 Å². The Morgan fingerprint density at radius 1 is 1.60 bits per heavy atom. The minimum Gasteiger partial charge on any atom is -0.452 e. The minimum absolute atomic E-state index is 0.359. The van der Waals surface area contributed by atoms with E-state index in [4.69, 9.17) is 10.5 Å². The molecule has 1 heterocycles. The van der Waals surface area contributed by atoms with Crippen LogP contribution in [0.15, 0.2) is 16.6 Å². The number of amides is 1. The number of methoxy groups -OCH3 is 1. The van der Waals surface area contributed by atoms with Crippen LogP contribution in [0.4, 0.5) is 16.2 Å². The molecule has 0 atom stereocenters. The van der Waals surface area contributed by atoms with Crippen LogP contribution >= 0.6 is 15.9 Å². The Morgan fingerprint density at radius 3 is 3.00 bits per heavy atom. The number of halogens is 1. The van der Waals surface area contributed by atoms with Gasteiger partial charge in [0.05, 0.1) is 18.5 Å². The van der Waals surface area contributed by atoms with Gasteiger partial charge in [0.1, 0.15) is 0 Å². The Bertz CT molecular complexity index is 420. The molecule has 0 unspecified atom stereocenters. The minimum atomic E-state index is -0.359. The molecule has 1 aromatic rings. The second kappa shape index (κ2) is 3.73. The van der Waals surface area contributed by atoms with E-state index in [1.54, 1.807) is 11.0 Å². The van der Waals surface area contributed by atoms with Crippen molar-refractivity contribution in [1.82, 2.24) is 0 Å². The topological polar surface area (TPSA) is 55.6 Å². The number of carbonyl (C=O) groups excluding carboxylic acids is 1. The molecule has 2 N–H and O–H groups in total. The van der Waals surface area contributed by atoms with Gasteiger partial charge in [-0.2, -0.15) is 0 Å². The summed E-state index contributed by atoms with van der Waals surface area (Å²) >= 11 is 3.38. The van der Waals surface area contributed by atoms with E-state index in [-0.39, 0.29) is 6.09 Å². The van der Waals surface area contributed by atoms with Crippen molar-refractivity contribution in [3.63, 3.8) is 0 Å². The van der Waals surface area contributed by atoms with E-state index < -0.39 is 0 Å². The number of nitrogen functional groups attached to an aromatic ring is 1. The first kappa shape index (κ1) is 10.3. The third-order valence-corrected chi connectivity index (χ3v) is 2.91. The SMILES string of the molecule is COC(=O)N1CCc2cc(Br)cc(N)c21. The number of nitrogens with zero attached hydrogens (tertiary/aromatic N) is 1. The van der Waals surface area contributed by atoms with Crippen molar-refractivity contribution in [3.8, 4) is 0 Å². The van der Waals surface area contributed by atoms with Gasteiger partial charge in [0, 0.05) is 11.0 Å². The molecule has 15 heavy (non-hydrogen) atoms. The maximum absolute atomic E-state index is 11.5. The lowest BCUT2D eigenvalue weighted by molar-refractivity contribution is 0.179. The number of ether oxygens (including phenoxy) is 1. The van der Waals surface area contributed by atoms with Gasteiger partial charge in [0.15, 0.2) is 0 Å². The number of benzene rings is 1. The highest BCUT2D eigenvalue weighted by Crippen LogP contribution is 2.36. The van der Waals surface area contributed by atoms with Crippen molar-refractivity contribution in [3.05, 3.63) is 22.2 Å². The number of anilines is 2. The van der Waals surface area contributed by atoms with Crippen LogP contribution in [0, 0.1) is 0 Å². The Balaban J connectivity index is 2.46. The first-order valence-electron chi connectivity index (χ1n) is 4.57. The van der Waals surface area contributed by atoms with Crippen LogP contribution < -0.4 is 10.6 Å². The van der Waals surface area contributed by atoms with E-state index in [1.807, 2.05) is 6.07 Å². The quantitative estimate of drug-likeness (QED) is 0.735. The highest BCUT2D eigenvalue weighted by Gasteiger charge is 2.27. The maximum atomic E-state index is 11.5. The average Bonchev–Trinajstić information content (AvgIpc) is 2.60. The maximum Gasteiger partial charge on any atom is 0.414 e. The highest BCUT2D eigenvalue weighted by molar-refractivity contribution is 9.10. The molecule has 4 nitrogen and oxygen atoms in total. The van der Waals surface area contributed by atoms with E-state index in [2.05, 4.69) is 15.9 Å². The van der Waals surface area contributed by atoms with E-state index in [1.165, 1.54) is 7.11 Å². The zero-order valence-corrected chi connectivity index (χ0v) is 9.87. The number of carbonyl (C=O) groups is 1. The van der Waals surface area contributed by atoms with Crippen LogP contribution in [-0.2, 0) is 11.2 Å². The van der Waals surface area contributed by atoms with Crippen molar-refractivity contribution >= 4 is 33.4 Å². The molecular formula is C10H11BrN2O2. The molecule has 1 amide bonds. The summed E-state index contributed by atoms with van der Waals surface area (Å²) in [6, 6.07) is 3.77. The van der Waals surface area contributed by atoms with E-state index in [0.29, 0.717) is 12.2 Å². The van der Waals surface area contributed by atoms with Crippen LogP contribution in [0.5, 0.6) is 0 Å². The lowest BCUT2D eigenvalue weighted by atomic mass is 10.1. The van der Waals surface area contributed by atoms with Gasteiger partial charge < -0.3 is 10.5 Å². The smallest absolute Gasteiger partial charge is 0.414 e. The predicted octanol–water partition coefficient (Wildman–Crippen LogP) is 2.16. The van der Waals surface area contributed by atoms with Crippen molar-refractivity contribution in [2.45, 2.75) is 6.42 Å². The summed E-state index contributed by atoms with van der Waals surface area (Å²) in [5, 5.41) is 0. The van der Waals surface area contributed by atoms with Crippen molar-refractivity contribution < 1.29 is 9.53 Å². The molecule has 0 saturated heterocycles. The fourth-order valence-electron chi connectivity index (χ4n) is 1.84. The Labute approximate surface area is 96.1 Å². The normalized spacial score (nSPS) is 13.9. The van der Waals surface area contributed by atoms with Gasteiger partial charge >= 0.3 is 6.09 Å². The van der Waals surface area contributed by atoms with Gasteiger partial charge in [-0.15, -0.1) is 0 Å². The summed E-state index contributed by atoms with van der Waals surface area (Å²) in [7, 11) is 1.37. The number of hydrogen-bond acceptors (Lipinski definition) is 3. The molecule has 2 rings (SSSR count). The second-order valence-corrected chi connectivity index (χ2v) is 4.29. The molecule has 0 saturated carbocycles. The molecule has 80 valence electrons. The van der Waals surface area contributed by atoms with Crippen molar-refractivity contribution in [2.75, 3.05) is 24.3 Å². The second-order valence-electron chi connectivity index (χ2n) is 3.37. The van der Waals surface area contributed by atoms with Crippen LogP contribution in [0.3, 0.4) is 0 Å². The average molecular weight is 271 g/mol. The molecule has 0 radical (unpaired) electrons. The summed E-state index contributed by atoms with van der Waals surface area (Å²) in [6.07, 6.45) is 0.455. The van der Waals surface area contributed by atoms with Gasteiger partial charge in [-0.1, -0.05) is 15.9 Å². The molecular weight excluding hydrogens is 260 g/mol. The number of nitrogens with two attached hydrogens (primary N) is 1. The first-order valence-corrected chi connectivity index (χ1v) is 5.36. The largest absolute Gasteiger partial charge is 0.452 e. The molecule has 1 aliphatic heterocycles. The predicted molar refractivity (Wildman–Crippen MR) is 62.0 cm³/mol. The lowest BCUT2D eigenvalue weighted by Crippen LogP contribution is -2.29. The summed E-state index contributed by atoms with van der Waals surface area (Å²) in [5.74, 6) is 0. The van der Waals surface area contributed by atoms with Gasteiger partial charge in [-0.05, 0) is 24.1 Å². The highest BCUT2D eigenvalue weighted by atomic mass is 79.9. The lowest BCUT2D eigenvalue weighted by Gasteiger charge is -2.17. The summed E-state index contributed by atoms with van der Waals surface area (Å²) < 4.78 is 5.63. The van der Waals surface area contributed by atoms with Crippen molar-refractivity contribution in [1.29, 1.82) is 0 Å². The Morgan fingerprint density at radius 2 is 2.33 bits per heavy atom. The third kappa shape index (κ3) is 1.67. The van der Waals surface area contributed by atoms with Crippen LogP contribution in [0.25, 0.3) is 0 Å². The summed E-state index contributed by atoms with van der Waals surface area (Å²) in [5.41, 5.74) is 8.33. The molecule has 1 aliphatic rings. The summed E-state index contributed by atoms with van der Waals surface area (Å²) in [6.45, 7) is 0.628. The van der Waals surface area contributed by atoms with Crippen LogP contribution in [0.1, 0.15) is 5.56 Å². The van der Waals surface area contributed by atoms with Gasteiger partial charge in [-0.3, -0.25) is 4.90 Å². The molecule has 5 heteroatoms. The molecule has 0 spiro atoms. The van der Waals surface area contributed by atoms with E-state index in [0.717, 1.165) is 22.1 Å². The third-order valence-electron chi connectivity index (χ3n) is 2.45. The molecule has 0 aromatic heterocycles. The number of hydrogen-bond donors (Lipinski definition) is 1. The number of fused-ring (bicyclic) bond motifs is 1. The number of rotatable bonds is 0. The van der Waals surface area contributed by atoms with E-state index in [9.17, 15) is 4.79 Å². The standard InChI is InChI=1S/C10H11BrN2O2/c1-15-10(14)13-3-2-6-4-7(11)5-8(12)9(6)13/h4-5H,2-3,12H2,1H3. The van der Waals surface area contributed by atoms with Crippen LogP contribution in [-0.4, -0.2) is 19.7 Å². The van der Waals surface area contributed by atoms with E-state index >= 15 is 0 Å². The van der Waals surface area contributed by atoms with Gasteiger partial charge in [-0.25, -0.2) is 4.79 Å². The molecule has 0 aliphatic carbocycles. The Kier molecular flexibility index (Phi) is 2.56. The molecule has 1 aromatic carbocycles. The fraction of sp³-hybridized carbons (Fsp3) is 0.300. The van der Waals surface area contributed by atoms with Crippen LogP contribution in [0.2, 0.25) is 0 Å². The molecule has 0 fully saturated rings. The monoisotopic (exact) mass is 270 g/mol. The van der Waals surface area contributed by atoms with Gasteiger partial charge in [0.25, 0.3) is 0 Å². The first-order chi connectivity index (χ1) is 7.13. The van der Waals surface area contributed by atoms with Crippen molar-refractivity contribution in [2.24, 2.45) is 0 Å². The zero-order chi connectivity index (χ0) is 11.0. The molecule has 0 bridgehead atoms. The zero-order valence-electron chi connectivity index (χ0n) is 8.29. The fourth-order valence-corrected chi connectivity index (χ4v) is 2.36. The summed E-state index contributed by atoms with van der Waals surface area (Å²) in [4.78, 5) is 13.0. The Hall–Kier alpha value is -1.23.